The van der Waals surface area contributed by atoms with Gasteiger partial charge >= 0.3 is 0 Å². The van der Waals surface area contributed by atoms with Crippen molar-refractivity contribution in [3.63, 3.8) is 0 Å². The summed E-state index contributed by atoms with van der Waals surface area (Å²) in [4.78, 5) is 24.3. The molecule has 5 nitrogen and oxygen atoms in total. The van der Waals surface area contributed by atoms with Gasteiger partial charge in [-0.05, 0) is 35.4 Å². The zero-order chi connectivity index (χ0) is 17.5. The lowest BCUT2D eigenvalue weighted by Crippen LogP contribution is -2.40. The third-order valence-corrected chi connectivity index (χ3v) is 3.62. The molecule has 2 rings (SSSR count). The topological polar surface area (TPSA) is 108 Å². The van der Waals surface area contributed by atoms with Crippen LogP contribution in [0, 0.1) is 22.7 Å². The van der Waals surface area contributed by atoms with Crippen LogP contribution in [0.5, 0.6) is 0 Å². The number of halogens is 1. The Morgan fingerprint density at radius 2 is 1.12 bits per heavy atom. The molecule has 0 aliphatic heterocycles. The summed E-state index contributed by atoms with van der Waals surface area (Å²) in [5.41, 5.74) is 8.20. The van der Waals surface area contributed by atoms with Crippen LogP contribution in [0.15, 0.2) is 48.5 Å². The number of nitriles is 2. The van der Waals surface area contributed by atoms with Crippen molar-refractivity contribution in [2.45, 2.75) is 18.9 Å². The second-order valence-electron chi connectivity index (χ2n) is 5.38. The summed E-state index contributed by atoms with van der Waals surface area (Å²) in [7, 11) is 0. The molecule has 126 valence electrons. The Balaban J connectivity index is 0.00000312. The highest BCUT2D eigenvalue weighted by atomic mass is 35.5. The van der Waals surface area contributed by atoms with E-state index < -0.39 is 6.04 Å². The van der Waals surface area contributed by atoms with Gasteiger partial charge < -0.3 is 5.73 Å². The van der Waals surface area contributed by atoms with Gasteiger partial charge in [-0.2, -0.15) is 10.5 Å². The van der Waals surface area contributed by atoms with Gasteiger partial charge in [0.25, 0.3) is 0 Å². The van der Waals surface area contributed by atoms with Gasteiger partial charge in [-0.15, -0.1) is 12.4 Å². The van der Waals surface area contributed by atoms with Crippen molar-refractivity contribution in [3.8, 4) is 12.1 Å². The van der Waals surface area contributed by atoms with E-state index in [1.165, 1.54) is 0 Å². The predicted molar refractivity (Wildman–Crippen MR) is 95.0 cm³/mol. The molecule has 0 heterocycles. The van der Waals surface area contributed by atoms with Crippen molar-refractivity contribution in [2.75, 3.05) is 0 Å². The van der Waals surface area contributed by atoms with Gasteiger partial charge in [0.15, 0.2) is 11.6 Å². The van der Waals surface area contributed by atoms with Gasteiger partial charge in [0.05, 0.1) is 23.3 Å². The highest BCUT2D eigenvalue weighted by molar-refractivity contribution is 6.07. The Labute approximate surface area is 152 Å². The molecular weight excluding hydrogens is 338 g/mol. The van der Waals surface area contributed by atoms with Crippen LogP contribution < -0.4 is 5.73 Å². The highest BCUT2D eigenvalue weighted by Crippen LogP contribution is 2.08. The Bertz CT molecular complexity index is 759. The van der Waals surface area contributed by atoms with Gasteiger partial charge in [0.2, 0.25) is 0 Å². The molecule has 0 radical (unpaired) electrons. The first-order chi connectivity index (χ1) is 11.5. The molecule has 0 spiro atoms. The number of carbonyl (C=O) groups is 2. The summed E-state index contributed by atoms with van der Waals surface area (Å²) in [5, 5.41) is 17.5. The maximum Gasteiger partial charge on any atom is 0.161 e. The first-order valence-corrected chi connectivity index (χ1v) is 7.32. The maximum absolute atomic E-state index is 12.1. The fourth-order valence-corrected chi connectivity index (χ4v) is 2.20. The number of ketones is 2. The molecule has 0 atom stereocenters. The number of nitrogens with zero attached hydrogens (tertiary/aromatic N) is 2. The van der Waals surface area contributed by atoms with Crippen LogP contribution in [0.4, 0.5) is 0 Å². The van der Waals surface area contributed by atoms with Crippen LogP contribution in [0.3, 0.4) is 0 Å². The summed E-state index contributed by atoms with van der Waals surface area (Å²) >= 11 is 0. The third-order valence-electron chi connectivity index (χ3n) is 3.62. The largest absolute Gasteiger partial charge is 0.315 e. The highest BCUT2D eigenvalue weighted by Gasteiger charge is 2.22. The van der Waals surface area contributed by atoms with Crippen molar-refractivity contribution >= 4 is 24.0 Å². The standard InChI is InChI=1S/C19H15N3O2.ClH/c20-11-15-5-1-13(2-6-15)9-17(23)19(22)18(24)10-14-3-7-16(12-21)8-4-14;/h1-8,19H,9-10,22H2;1H. The summed E-state index contributed by atoms with van der Waals surface area (Å²) in [5.74, 6) is -0.725. The summed E-state index contributed by atoms with van der Waals surface area (Å²) in [6, 6.07) is 16.0. The average Bonchev–Trinajstić information content (AvgIpc) is 2.62. The fraction of sp³-hybridized carbons (Fsp3) is 0.158. The molecule has 0 saturated carbocycles. The van der Waals surface area contributed by atoms with E-state index >= 15 is 0 Å². The molecule has 25 heavy (non-hydrogen) atoms. The van der Waals surface area contributed by atoms with Crippen LogP contribution in [0.2, 0.25) is 0 Å². The van der Waals surface area contributed by atoms with E-state index in [1.54, 1.807) is 48.5 Å². The molecular formula is C19H16ClN3O2. The van der Waals surface area contributed by atoms with Crippen LogP contribution in [0.25, 0.3) is 0 Å². The van der Waals surface area contributed by atoms with E-state index in [1.807, 2.05) is 12.1 Å². The number of hydrogen-bond donors (Lipinski definition) is 1. The SMILES string of the molecule is Cl.N#Cc1ccc(CC(=O)C(N)C(=O)Cc2ccc(C#N)cc2)cc1. The summed E-state index contributed by atoms with van der Waals surface area (Å²) in [6.07, 6.45) is 0.0952. The number of nitrogens with two attached hydrogens (primary N) is 1. The predicted octanol–water partition coefficient (Wildman–Crippen LogP) is 2.10. The van der Waals surface area contributed by atoms with E-state index in [0.29, 0.717) is 22.3 Å². The van der Waals surface area contributed by atoms with Crippen LogP contribution in [-0.4, -0.2) is 17.6 Å². The normalized spacial score (nSPS) is 9.60. The molecule has 0 aliphatic carbocycles. The van der Waals surface area contributed by atoms with E-state index in [4.69, 9.17) is 16.3 Å². The number of hydrogen-bond acceptors (Lipinski definition) is 5. The molecule has 0 aromatic heterocycles. The Kier molecular flexibility index (Phi) is 7.49. The average molecular weight is 354 g/mol. The molecule has 2 aromatic carbocycles. The Morgan fingerprint density at radius 1 is 0.800 bits per heavy atom. The first-order valence-electron chi connectivity index (χ1n) is 7.32. The quantitative estimate of drug-likeness (QED) is 0.800. The lowest BCUT2D eigenvalue weighted by molar-refractivity contribution is -0.128. The molecule has 0 bridgehead atoms. The van der Waals surface area contributed by atoms with Gasteiger partial charge in [-0.1, -0.05) is 24.3 Å². The van der Waals surface area contributed by atoms with Gasteiger partial charge in [0.1, 0.15) is 6.04 Å². The lowest BCUT2D eigenvalue weighted by Gasteiger charge is -2.10. The summed E-state index contributed by atoms with van der Waals surface area (Å²) in [6.45, 7) is 0. The number of carbonyl (C=O) groups excluding carboxylic acids is 2. The fourth-order valence-electron chi connectivity index (χ4n) is 2.20. The maximum atomic E-state index is 12.1. The minimum Gasteiger partial charge on any atom is -0.315 e. The van der Waals surface area contributed by atoms with Gasteiger partial charge in [0, 0.05) is 12.8 Å². The first kappa shape index (κ1) is 20.1. The third kappa shape index (κ3) is 5.54. The molecule has 2 aromatic rings. The molecule has 2 N–H and O–H groups in total. The van der Waals surface area contributed by atoms with Crippen molar-refractivity contribution in [1.82, 2.24) is 0 Å². The molecule has 0 aliphatic rings. The minimum absolute atomic E-state index is 0. The molecule has 0 saturated heterocycles. The molecule has 0 fully saturated rings. The van der Waals surface area contributed by atoms with Crippen LogP contribution in [-0.2, 0) is 22.4 Å². The van der Waals surface area contributed by atoms with Crippen LogP contribution in [0.1, 0.15) is 22.3 Å². The second-order valence-corrected chi connectivity index (χ2v) is 5.38. The van der Waals surface area contributed by atoms with E-state index in [-0.39, 0.29) is 36.8 Å². The van der Waals surface area contributed by atoms with Crippen molar-refractivity contribution in [1.29, 1.82) is 10.5 Å². The molecule has 6 heteroatoms. The van der Waals surface area contributed by atoms with Crippen molar-refractivity contribution in [2.24, 2.45) is 5.73 Å². The van der Waals surface area contributed by atoms with Crippen molar-refractivity contribution < 1.29 is 9.59 Å². The summed E-state index contributed by atoms with van der Waals surface area (Å²) < 4.78 is 0. The van der Waals surface area contributed by atoms with Crippen molar-refractivity contribution in [3.05, 3.63) is 70.8 Å². The zero-order valence-corrected chi connectivity index (χ0v) is 14.1. The number of rotatable bonds is 6. The number of benzene rings is 2. The van der Waals surface area contributed by atoms with Crippen LogP contribution >= 0.6 is 12.4 Å². The smallest absolute Gasteiger partial charge is 0.161 e. The van der Waals surface area contributed by atoms with Gasteiger partial charge in [-0.3, -0.25) is 9.59 Å². The van der Waals surface area contributed by atoms with Gasteiger partial charge in [-0.25, -0.2) is 0 Å². The van der Waals surface area contributed by atoms with E-state index in [2.05, 4.69) is 0 Å². The lowest BCUT2D eigenvalue weighted by atomic mass is 9.97. The Hall–Kier alpha value is -2.99. The molecule has 0 unspecified atom stereocenters. The Morgan fingerprint density at radius 3 is 1.40 bits per heavy atom. The second kappa shape index (κ2) is 9.34. The zero-order valence-electron chi connectivity index (χ0n) is 13.3. The molecule has 0 amide bonds. The number of Topliss-reactive ketones (excluding diaryl/α,β-unsaturated/α-hetero) is 2. The monoisotopic (exact) mass is 353 g/mol. The minimum atomic E-state index is -1.18. The van der Waals surface area contributed by atoms with E-state index in [0.717, 1.165) is 0 Å². The van der Waals surface area contributed by atoms with E-state index in [9.17, 15) is 9.59 Å².